The Kier molecular flexibility index (Phi) is 6.26. The van der Waals surface area contributed by atoms with Crippen molar-refractivity contribution in [2.45, 2.75) is 13.8 Å². The lowest BCUT2D eigenvalue weighted by atomic mass is 10.1. The van der Waals surface area contributed by atoms with Crippen molar-refractivity contribution in [3.05, 3.63) is 87.3 Å². The molecule has 1 heterocycles. The molecule has 0 radical (unpaired) electrons. The number of carbonyl (C=O) groups is 1. The molecule has 0 spiro atoms. The number of hydrogen-bond acceptors (Lipinski definition) is 5. The molecule has 1 saturated heterocycles. The standard InChI is InChI=1S/C25H21ClN2O3S/c1-15-8-4-6-10-19(15)27-25-28(20-11-7-5-9-16(20)2)24(30)22(32-25)13-17-12-18(26)14-21(31-3)23(17)29/h4-14,29H,1-3H3. The maximum absolute atomic E-state index is 13.5. The third-order valence-electron chi connectivity index (χ3n) is 5.07. The van der Waals surface area contributed by atoms with Gasteiger partial charge in [0, 0.05) is 16.7 Å². The molecule has 0 atom stereocenters. The third-order valence-corrected chi connectivity index (χ3v) is 6.26. The number of para-hydroxylation sites is 2. The van der Waals surface area contributed by atoms with Gasteiger partial charge >= 0.3 is 0 Å². The Balaban J connectivity index is 1.85. The van der Waals surface area contributed by atoms with Crippen LogP contribution in [0.1, 0.15) is 16.7 Å². The van der Waals surface area contributed by atoms with Gasteiger partial charge < -0.3 is 9.84 Å². The van der Waals surface area contributed by atoms with Crippen molar-refractivity contribution in [3.63, 3.8) is 0 Å². The first-order valence-corrected chi connectivity index (χ1v) is 11.1. The van der Waals surface area contributed by atoms with Gasteiger partial charge in [-0.2, -0.15) is 0 Å². The predicted octanol–water partition coefficient (Wildman–Crippen LogP) is 6.48. The minimum atomic E-state index is -0.227. The molecule has 1 amide bonds. The molecular weight excluding hydrogens is 444 g/mol. The van der Waals surface area contributed by atoms with Crippen LogP contribution in [-0.4, -0.2) is 23.3 Å². The van der Waals surface area contributed by atoms with Gasteiger partial charge in [0.25, 0.3) is 5.91 Å². The Bertz CT molecular complexity index is 1270. The highest BCUT2D eigenvalue weighted by molar-refractivity contribution is 8.19. The molecule has 0 unspecified atom stereocenters. The number of methoxy groups -OCH3 is 1. The maximum Gasteiger partial charge on any atom is 0.271 e. The highest BCUT2D eigenvalue weighted by Crippen LogP contribution is 2.41. The number of nitrogens with zero attached hydrogens (tertiary/aromatic N) is 2. The first-order chi connectivity index (χ1) is 15.4. The fraction of sp³-hybridized carbons (Fsp3) is 0.120. The third kappa shape index (κ3) is 4.24. The highest BCUT2D eigenvalue weighted by Gasteiger charge is 2.35. The molecule has 4 rings (SSSR count). The van der Waals surface area contributed by atoms with Crippen LogP contribution in [0.3, 0.4) is 0 Å². The molecule has 3 aromatic carbocycles. The molecule has 7 heteroatoms. The van der Waals surface area contributed by atoms with Crippen LogP contribution >= 0.6 is 23.4 Å². The summed E-state index contributed by atoms with van der Waals surface area (Å²) in [5.41, 5.74) is 3.90. The van der Waals surface area contributed by atoms with E-state index in [0.717, 1.165) is 22.5 Å². The van der Waals surface area contributed by atoms with Crippen LogP contribution in [0, 0.1) is 13.8 Å². The number of amidine groups is 1. The molecule has 162 valence electrons. The van der Waals surface area contributed by atoms with Crippen molar-refractivity contribution < 1.29 is 14.6 Å². The lowest BCUT2D eigenvalue weighted by molar-refractivity contribution is -0.113. The molecule has 1 N–H and O–H groups in total. The molecule has 1 fully saturated rings. The van der Waals surface area contributed by atoms with E-state index in [-0.39, 0.29) is 17.4 Å². The Morgan fingerprint density at radius 1 is 1.06 bits per heavy atom. The van der Waals surface area contributed by atoms with Crippen LogP contribution in [-0.2, 0) is 4.79 Å². The molecule has 3 aromatic rings. The van der Waals surface area contributed by atoms with E-state index in [9.17, 15) is 9.90 Å². The largest absolute Gasteiger partial charge is 0.504 e. The van der Waals surface area contributed by atoms with Gasteiger partial charge in [0.2, 0.25) is 0 Å². The van der Waals surface area contributed by atoms with Gasteiger partial charge in [-0.15, -0.1) is 0 Å². The fourth-order valence-electron chi connectivity index (χ4n) is 3.37. The Hall–Kier alpha value is -3.22. The van der Waals surface area contributed by atoms with Gasteiger partial charge in [0.05, 0.1) is 23.4 Å². The van der Waals surface area contributed by atoms with Gasteiger partial charge in [-0.3, -0.25) is 9.69 Å². The summed E-state index contributed by atoms with van der Waals surface area (Å²) in [6.07, 6.45) is 1.61. The molecule has 32 heavy (non-hydrogen) atoms. The summed E-state index contributed by atoms with van der Waals surface area (Å²) in [4.78, 5) is 20.3. The average Bonchev–Trinajstić information content (AvgIpc) is 3.07. The van der Waals surface area contributed by atoms with Crippen molar-refractivity contribution in [1.82, 2.24) is 0 Å². The van der Waals surface area contributed by atoms with Crippen molar-refractivity contribution in [3.8, 4) is 11.5 Å². The zero-order valence-corrected chi connectivity index (χ0v) is 19.4. The van der Waals surface area contributed by atoms with Gasteiger partial charge in [-0.25, -0.2) is 4.99 Å². The van der Waals surface area contributed by atoms with E-state index < -0.39 is 0 Å². The average molecular weight is 465 g/mol. The van der Waals surface area contributed by atoms with E-state index in [1.807, 2.05) is 62.4 Å². The molecule has 0 aromatic heterocycles. The van der Waals surface area contributed by atoms with E-state index in [1.165, 1.54) is 24.9 Å². The summed E-state index contributed by atoms with van der Waals surface area (Å²) in [6, 6.07) is 18.5. The normalized spacial score (nSPS) is 16.2. The van der Waals surface area contributed by atoms with Crippen LogP contribution in [0.4, 0.5) is 11.4 Å². The Morgan fingerprint density at radius 3 is 2.44 bits per heavy atom. The lowest BCUT2D eigenvalue weighted by Crippen LogP contribution is -2.29. The number of ether oxygens (including phenoxy) is 1. The van der Waals surface area contributed by atoms with E-state index in [1.54, 1.807) is 17.0 Å². The van der Waals surface area contributed by atoms with E-state index in [0.29, 0.717) is 20.7 Å². The zero-order chi connectivity index (χ0) is 22.8. The summed E-state index contributed by atoms with van der Waals surface area (Å²) in [6.45, 7) is 3.93. The van der Waals surface area contributed by atoms with Crippen molar-refractivity contribution in [2.75, 3.05) is 12.0 Å². The van der Waals surface area contributed by atoms with Crippen LogP contribution in [0.2, 0.25) is 5.02 Å². The number of phenolic OH excluding ortho intramolecular Hbond substituents is 1. The van der Waals surface area contributed by atoms with Crippen LogP contribution in [0.25, 0.3) is 6.08 Å². The van der Waals surface area contributed by atoms with Gasteiger partial charge in [-0.1, -0.05) is 48.0 Å². The predicted molar refractivity (Wildman–Crippen MR) is 132 cm³/mol. The molecule has 1 aliphatic heterocycles. The minimum Gasteiger partial charge on any atom is -0.504 e. The first kappa shape index (κ1) is 22.0. The number of aliphatic imine (C=N–C) groups is 1. The van der Waals surface area contributed by atoms with E-state index >= 15 is 0 Å². The number of phenols is 1. The molecule has 0 saturated carbocycles. The number of benzene rings is 3. The highest BCUT2D eigenvalue weighted by atomic mass is 35.5. The monoisotopic (exact) mass is 464 g/mol. The number of thioether (sulfide) groups is 1. The second-order valence-corrected chi connectivity index (χ2v) is 8.71. The van der Waals surface area contributed by atoms with Crippen LogP contribution < -0.4 is 9.64 Å². The molecule has 0 bridgehead atoms. The molecule has 0 aliphatic carbocycles. The SMILES string of the molecule is COc1cc(Cl)cc(C=C2SC(=Nc3ccccc3C)N(c3ccccc3C)C2=O)c1O. The fourth-order valence-corrected chi connectivity index (χ4v) is 4.56. The summed E-state index contributed by atoms with van der Waals surface area (Å²) in [5.74, 6) is -0.0659. The second kappa shape index (κ2) is 9.10. The van der Waals surface area contributed by atoms with Crippen molar-refractivity contribution >= 4 is 51.9 Å². The number of aryl methyl sites for hydroxylation is 2. The van der Waals surface area contributed by atoms with Crippen LogP contribution in [0.15, 0.2) is 70.6 Å². The maximum atomic E-state index is 13.5. The molecular formula is C25H21ClN2O3S. The number of amides is 1. The van der Waals surface area contributed by atoms with Crippen molar-refractivity contribution in [1.29, 1.82) is 0 Å². The van der Waals surface area contributed by atoms with Gasteiger partial charge in [0.15, 0.2) is 16.7 Å². The van der Waals surface area contributed by atoms with E-state index in [4.69, 9.17) is 21.3 Å². The molecule has 5 nitrogen and oxygen atoms in total. The molecule has 1 aliphatic rings. The smallest absolute Gasteiger partial charge is 0.271 e. The summed E-state index contributed by atoms with van der Waals surface area (Å²) in [7, 11) is 1.45. The van der Waals surface area contributed by atoms with Gasteiger partial charge in [0.1, 0.15) is 0 Å². The topological polar surface area (TPSA) is 62.1 Å². The van der Waals surface area contributed by atoms with Gasteiger partial charge in [-0.05, 0) is 61.0 Å². The summed E-state index contributed by atoms with van der Waals surface area (Å²) >= 11 is 7.42. The lowest BCUT2D eigenvalue weighted by Gasteiger charge is -2.18. The number of aromatic hydroxyl groups is 1. The Morgan fingerprint density at radius 2 is 1.75 bits per heavy atom. The first-order valence-electron chi connectivity index (χ1n) is 9.89. The Labute approximate surface area is 196 Å². The number of hydrogen-bond donors (Lipinski definition) is 1. The quantitative estimate of drug-likeness (QED) is 0.449. The number of halogens is 1. The summed E-state index contributed by atoms with van der Waals surface area (Å²) < 4.78 is 5.19. The number of carbonyl (C=O) groups excluding carboxylic acids is 1. The summed E-state index contributed by atoms with van der Waals surface area (Å²) in [5, 5.41) is 11.5. The number of anilines is 1. The van der Waals surface area contributed by atoms with E-state index in [2.05, 4.69) is 0 Å². The zero-order valence-electron chi connectivity index (χ0n) is 17.8. The van der Waals surface area contributed by atoms with Crippen LogP contribution in [0.5, 0.6) is 11.5 Å². The second-order valence-electron chi connectivity index (χ2n) is 7.26. The van der Waals surface area contributed by atoms with Crippen molar-refractivity contribution in [2.24, 2.45) is 4.99 Å². The minimum absolute atomic E-state index is 0.0791. The number of rotatable bonds is 4.